The van der Waals surface area contributed by atoms with Gasteiger partial charge in [0.05, 0.1) is 33.4 Å². The number of carboxylic acids is 1. The molecule has 0 saturated carbocycles. The summed E-state index contributed by atoms with van der Waals surface area (Å²) in [7, 11) is 0. The Hall–Kier alpha value is -5.69. The monoisotopic (exact) mass is 863 g/mol. The number of nitrogens with one attached hydrogen (secondary N) is 1. The highest BCUT2D eigenvalue weighted by molar-refractivity contribution is 6.35. The molecule has 3 aliphatic heterocycles. The van der Waals surface area contributed by atoms with Gasteiger partial charge in [-0.2, -0.15) is 25.3 Å². The molecule has 3 atom stereocenters. The third kappa shape index (κ3) is 9.99. The van der Waals surface area contributed by atoms with Crippen molar-refractivity contribution >= 4 is 75.5 Å². The van der Waals surface area contributed by atoms with Gasteiger partial charge in [-0.05, 0) is 62.7 Å². The van der Waals surface area contributed by atoms with Gasteiger partial charge in [0, 0.05) is 12.1 Å². The van der Waals surface area contributed by atoms with Gasteiger partial charge in [0.1, 0.15) is 23.1 Å². The number of amidine groups is 1. The summed E-state index contributed by atoms with van der Waals surface area (Å²) in [5.41, 5.74) is -1.04. The van der Waals surface area contributed by atoms with Crippen LogP contribution < -0.4 is 20.3 Å². The Bertz CT molecular complexity index is 2200. The molecule has 6 rings (SSSR count). The number of anilines is 3. The second kappa shape index (κ2) is 21.4. The Balaban J connectivity index is 1.23. The molecule has 0 spiro atoms. The van der Waals surface area contributed by atoms with Crippen molar-refractivity contribution in [1.29, 1.82) is 0 Å². The minimum Gasteiger partial charge on any atom is -0.478 e. The van der Waals surface area contributed by atoms with Crippen molar-refractivity contribution in [1.82, 2.24) is 5.32 Å². The van der Waals surface area contributed by atoms with Crippen molar-refractivity contribution in [3.05, 3.63) is 89.4 Å². The Labute approximate surface area is 369 Å². The Kier molecular flexibility index (Phi) is 15.8. The first-order valence-electron chi connectivity index (χ1n) is 22.1. The number of unbranched alkanes of at least 4 members (excludes halogenated alkanes) is 14. The number of benzene rings is 3. The molecule has 2 N–H and O–H groups in total. The molecule has 14 heteroatoms. The van der Waals surface area contributed by atoms with Crippen molar-refractivity contribution in [2.75, 3.05) is 15.0 Å². The summed E-state index contributed by atoms with van der Waals surface area (Å²) in [5.74, 6) is -6.86. The number of carbonyl (C=O) groups excluding carboxylic acids is 4. The zero-order chi connectivity index (χ0) is 44.2. The quantitative estimate of drug-likeness (QED) is 0.0955. The summed E-state index contributed by atoms with van der Waals surface area (Å²) >= 11 is 6.22. The first-order chi connectivity index (χ1) is 30.0. The highest BCUT2D eigenvalue weighted by Crippen LogP contribution is 2.51. The number of aromatic carboxylic acids is 1. The molecule has 328 valence electrons. The van der Waals surface area contributed by atoms with E-state index < -0.39 is 46.8 Å². The molecule has 0 radical (unpaired) electrons. The van der Waals surface area contributed by atoms with Crippen molar-refractivity contribution in [2.24, 2.45) is 32.6 Å². The van der Waals surface area contributed by atoms with Crippen molar-refractivity contribution < 1.29 is 29.1 Å². The van der Waals surface area contributed by atoms with Gasteiger partial charge >= 0.3 is 5.97 Å². The Morgan fingerprint density at radius 2 is 1.15 bits per heavy atom. The molecule has 0 aromatic heterocycles. The number of carbonyl (C=O) groups is 5. The minimum absolute atomic E-state index is 0.0395. The fraction of sp³-hybridized carbons (Fsp3) is 0.458. The maximum absolute atomic E-state index is 15.3. The van der Waals surface area contributed by atoms with Crippen LogP contribution in [0.2, 0.25) is 5.02 Å². The van der Waals surface area contributed by atoms with Gasteiger partial charge in [0.15, 0.2) is 0 Å². The number of carboxylic acid groups (broad SMARTS) is 1. The van der Waals surface area contributed by atoms with E-state index in [9.17, 15) is 19.5 Å². The number of hydrazone groups is 3. The van der Waals surface area contributed by atoms with E-state index in [1.54, 1.807) is 74.5 Å². The van der Waals surface area contributed by atoms with Crippen LogP contribution in [0.3, 0.4) is 0 Å². The van der Waals surface area contributed by atoms with Crippen LogP contribution in [-0.4, -0.2) is 52.0 Å². The zero-order valence-electron chi connectivity index (χ0n) is 36.0. The summed E-state index contributed by atoms with van der Waals surface area (Å²) in [5, 5.41) is 30.0. The molecule has 0 aliphatic carbocycles. The molecule has 3 aromatic rings. The molecular weight excluding hydrogens is 806 g/mol. The van der Waals surface area contributed by atoms with E-state index in [-0.39, 0.29) is 40.0 Å². The second-order valence-electron chi connectivity index (χ2n) is 16.5. The summed E-state index contributed by atoms with van der Waals surface area (Å²) in [6.45, 7) is 5.46. The predicted octanol–water partition coefficient (Wildman–Crippen LogP) is 10.1. The lowest BCUT2D eigenvalue weighted by Crippen LogP contribution is -2.60. The molecule has 3 heterocycles. The van der Waals surface area contributed by atoms with Crippen molar-refractivity contribution in [2.45, 2.75) is 124 Å². The third-order valence-electron chi connectivity index (χ3n) is 12.1. The van der Waals surface area contributed by atoms with Crippen molar-refractivity contribution in [3.63, 3.8) is 0 Å². The lowest BCUT2D eigenvalue weighted by Gasteiger charge is -2.37. The van der Waals surface area contributed by atoms with E-state index in [0.29, 0.717) is 17.8 Å². The van der Waals surface area contributed by atoms with Gasteiger partial charge in [-0.1, -0.05) is 145 Å². The molecule has 0 bridgehead atoms. The van der Waals surface area contributed by atoms with Crippen molar-refractivity contribution in [3.8, 4) is 0 Å². The van der Waals surface area contributed by atoms with E-state index in [1.807, 2.05) is 0 Å². The SMILES string of the molecule is CCCCCCCCCCCCCCCCCC(=O)NC1=NN(c2ccc(Cl)c(C(=O)O)c2)C(=O)[C@H]1[C@@]1([C@H]2C(=O)N(c3ccccc3)N=C2C)C(=O)N(c2ccccc2)N=C1C. The van der Waals surface area contributed by atoms with Gasteiger partial charge in [-0.25, -0.2) is 9.80 Å². The maximum atomic E-state index is 15.3. The van der Waals surface area contributed by atoms with Gasteiger partial charge < -0.3 is 10.4 Å². The molecule has 62 heavy (non-hydrogen) atoms. The number of hydrogen-bond donors (Lipinski definition) is 2. The summed E-state index contributed by atoms with van der Waals surface area (Å²) in [6.07, 6.45) is 17.9. The number of rotatable bonds is 22. The number of hydrogen-bond acceptors (Lipinski definition) is 8. The minimum atomic E-state index is -2.06. The van der Waals surface area contributed by atoms with Crippen LogP contribution in [0, 0.1) is 17.3 Å². The van der Waals surface area contributed by atoms with Crippen LogP contribution in [-0.2, 0) is 19.2 Å². The third-order valence-corrected chi connectivity index (χ3v) is 12.4. The number of nitrogens with zero attached hydrogens (tertiary/aromatic N) is 6. The van der Waals surface area contributed by atoms with E-state index in [2.05, 4.69) is 22.4 Å². The highest BCUT2D eigenvalue weighted by Gasteiger charge is 2.69. The molecule has 3 aromatic carbocycles. The van der Waals surface area contributed by atoms with Crippen LogP contribution >= 0.6 is 11.6 Å². The molecule has 13 nitrogen and oxygen atoms in total. The Morgan fingerprint density at radius 3 is 1.69 bits per heavy atom. The van der Waals surface area contributed by atoms with Gasteiger partial charge in [0.25, 0.3) is 17.7 Å². The van der Waals surface area contributed by atoms with E-state index >= 15 is 9.59 Å². The largest absolute Gasteiger partial charge is 0.478 e. The summed E-state index contributed by atoms with van der Waals surface area (Å²) < 4.78 is 0. The predicted molar refractivity (Wildman–Crippen MR) is 245 cm³/mol. The van der Waals surface area contributed by atoms with E-state index in [4.69, 9.17) is 16.7 Å². The van der Waals surface area contributed by atoms with Crippen LogP contribution in [0.15, 0.2) is 94.2 Å². The smallest absolute Gasteiger partial charge is 0.337 e. The van der Waals surface area contributed by atoms with E-state index in [0.717, 1.165) is 30.7 Å². The van der Waals surface area contributed by atoms with E-state index in [1.165, 1.54) is 92.4 Å². The second-order valence-corrected chi connectivity index (χ2v) is 16.9. The number of amides is 4. The topological polar surface area (TPSA) is 164 Å². The van der Waals surface area contributed by atoms with Crippen LogP contribution in [0.4, 0.5) is 17.1 Å². The molecule has 3 aliphatic rings. The van der Waals surface area contributed by atoms with Gasteiger partial charge in [-0.3, -0.25) is 19.2 Å². The lowest BCUT2D eigenvalue weighted by atomic mass is 9.61. The lowest BCUT2D eigenvalue weighted by molar-refractivity contribution is -0.136. The Morgan fingerprint density at radius 1 is 0.645 bits per heavy atom. The first kappa shape index (κ1) is 45.8. The average Bonchev–Trinajstić information content (AvgIpc) is 3.85. The first-order valence-corrected chi connectivity index (χ1v) is 22.5. The number of halogens is 1. The molecular formula is C48H58ClN7O6. The fourth-order valence-electron chi connectivity index (χ4n) is 8.85. The van der Waals surface area contributed by atoms with Crippen LogP contribution in [0.25, 0.3) is 0 Å². The highest BCUT2D eigenvalue weighted by atomic mass is 35.5. The summed E-state index contributed by atoms with van der Waals surface area (Å²) in [6, 6.07) is 21.4. The van der Waals surface area contributed by atoms with Crippen LogP contribution in [0.5, 0.6) is 0 Å². The normalized spacial score (nSPS) is 19.9. The standard InChI is InChI=1S/C48H58ClN7O6/c1-4-5-6-7-8-9-10-11-12-13-14-15-16-17-24-29-40(57)50-43-42(45(59)55(53-43)37-30-31-39(49)38(32-37)46(60)61)48(34(3)52-56(47(48)62)36-27-22-19-23-28-36)41-33(2)51-54(44(41)58)35-25-20-18-21-26-35/h18-23,25-28,30-32,41-42H,4-17,24,29H2,1-3H3,(H,60,61)(H,50,53,57)/t41-,42+,48-/m1/s1. The zero-order valence-corrected chi connectivity index (χ0v) is 36.8. The molecule has 4 amide bonds. The van der Waals surface area contributed by atoms with Gasteiger partial charge in [0.2, 0.25) is 5.91 Å². The van der Waals surface area contributed by atoms with Gasteiger partial charge in [-0.15, -0.1) is 0 Å². The van der Waals surface area contributed by atoms with Crippen LogP contribution in [0.1, 0.15) is 134 Å². The molecule has 0 unspecified atom stereocenters. The average molecular weight is 864 g/mol. The number of para-hydroxylation sites is 2. The maximum Gasteiger partial charge on any atom is 0.337 e. The molecule has 0 fully saturated rings. The molecule has 0 saturated heterocycles. The fourth-order valence-corrected chi connectivity index (χ4v) is 9.04. The summed E-state index contributed by atoms with van der Waals surface area (Å²) in [4.78, 5) is 71.2.